The van der Waals surface area contributed by atoms with Gasteiger partial charge in [0.2, 0.25) is 0 Å². The molecule has 2 saturated carbocycles. The molecule has 1 aromatic rings. The maximum Gasteiger partial charge on any atom is 0.263 e. The summed E-state index contributed by atoms with van der Waals surface area (Å²) in [5.74, 6) is 2.10. The third kappa shape index (κ3) is 4.42. The summed E-state index contributed by atoms with van der Waals surface area (Å²) in [6.07, 6.45) is 7.76. The van der Waals surface area contributed by atoms with Gasteiger partial charge in [-0.1, -0.05) is 36.8 Å². The molecule has 132 valence electrons. The molecule has 2 bridgehead atoms. The van der Waals surface area contributed by atoms with Crippen LogP contribution in [0.25, 0.3) is 0 Å². The first-order valence-electron chi connectivity index (χ1n) is 9.36. The second-order valence-electron chi connectivity index (χ2n) is 7.46. The molecule has 3 rings (SSSR count). The fraction of sp³-hybridized carbons (Fsp3) is 0.524. The van der Waals surface area contributed by atoms with E-state index in [0.717, 1.165) is 18.3 Å². The Morgan fingerprint density at radius 1 is 1.32 bits per heavy atom. The van der Waals surface area contributed by atoms with E-state index in [1.165, 1.54) is 31.2 Å². The lowest BCUT2D eigenvalue weighted by atomic mass is 9.84. The van der Waals surface area contributed by atoms with Crippen LogP contribution in [0.3, 0.4) is 0 Å². The van der Waals surface area contributed by atoms with Crippen molar-refractivity contribution in [2.75, 3.05) is 6.54 Å². The van der Waals surface area contributed by atoms with Gasteiger partial charge in [0, 0.05) is 18.8 Å². The summed E-state index contributed by atoms with van der Waals surface area (Å²) in [6, 6.07) is 12.3. The van der Waals surface area contributed by atoms with Crippen molar-refractivity contribution in [3.8, 4) is 6.07 Å². The number of carbonyl (C=O) groups excluding carboxylic acids is 1. The molecule has 4 heteroatoms. The maximum absolute atomic E-state index is 12.2. The van der Waals surface area contributed by atoms with Gasteiger partial charge in [-0.05, 0) is 55.9 Å². The van der Waals surface area contributed by atoms with Gasteiger partial charge in [-0.25, -0.2) is 0 Å². The molecule has 0 radical (unpaired) electrons. The van der Waals surface area contributed by atoms with Crippen molar-refractivity contribution in [1.29, 1.82) is 5.26 Å². The summed E-state index contributed by atoms with van der Waals surface area (Å²) >= 11 is 0. The van der Waals surface area contributed by atoms with Gasteiger partial charge in [0.1, 0.15) is 11.6 Å². The largest absolute Gasteiger partial charge is 0.387 e. The van der Waals surface area contributed by atoms with Crippen molar-refractivity contribution in [1.82, 2.24) is 10.6 Å². The molecule has 0 aliphatic heterocycles. The van der Waals surface area contributed by atoms with Crippen molar-refractivity contribution >= 4 is 5.91 Å². The number of benzene rings is 1. The quantitative estimate of drug-likeness (QED) is 0.593. The van der Waals surface area contributed by atoms with E-state index in [9.17, 15) is 10.1 Å². The lowest BCUT2D eigenvalue weighted by molar-refractivity contribution is -0.117. The molecule has 0 saturated heterocycles. The molecule has 0 heterocycles. The van der Waals surface area contributed by atoms with Crippen LogP contribution >= 0.6 is 0 Å². The van der Waals surface area contributed by atoms with Crippen LogP contribution < -0.4 is 10.6 Å². The molecule has 1 amide bonds. The summed E-state index contributed by atoms with van der Waals surface area (Å²) in [6.45, 7) is 2.70. The fourth-order valence-corrected chi connectivity index (χ4v) is 4.45. The number of nitriles is 1. The second-order valence-corrected chi connectivity index (χ2v) is 7.46. The van der Waals surface area contributed by atoms with E-state index < -0.39 is 0 Å². The molecule has 4 nitrogen and oxygen atoms in total. The Balaban J connectivity index is 1.46. The van der Waals surface area contributed by atoms with Crippen LogP contribution in [0.2, 0.25) is 0 Å². The molecular weight excluding hydrogens is 310 g/mol. The zero-order valence-corrected chi connectivity index (χ0v) is 14.9. The summed E-state index contributed by atoms with van der Waals surface area (Å²) in [5.41, 5.74) is 1.33. The van der Waals surface area contributed by atoms with Crippen LogP contribution in [0.15, 0.2) is 42.1 Å². The number of nitrogens with one attached hydrogen (secondary N) is 2. The number of carbonyl (C=O) groups is 1. The molecular formula is C21H27N3O. The Labute approximate surface area is 150 Å². The van der Waals surface area contributed by atoms with Gasteiger partial charge >= 0.3 is 0 Å². The van der Waals surface area contributed by atoms with E-state index >= 15 is 0 Å². The number of hydrogen-bond donors (Lipinski definition) is 2. The first-order chi connectivity index (χ1) is 12.2. The molecule has 0 aromatic heterocycles. The second kappa shape index (κ2) is 8.20. The molecule has 2 aliphatic carbocycles. The highest BCUT2D eigenvalue weighted by Gasteiger charge is 2.41. The van der Waals surface area contributed by atoms with Gasteiger partial charge in [-0.2, -0.15) is 5.26 Å². The third-order valence-corrected chi connectivity index (χ3v) is 5.83. The topological polar surface area (TPSA) is 64.9 Å². The van der Waals surface area contributed by atoms with Crippen LogP contribution in [-0.2, 0) is 11.2 Å². The lowest BCUT2D eigenvalue weighted by Crippen LogP contribution is -2.34. The van der Waals surface area contributed by atoms with Crippen LogP contribution in [0, 0.1) is 29.1 Å². The Morgan fingerprint density at radius 2 is 2.12 bits per heavy atom. The molecule has 0 spiro atoms. The van der Waals surface area contributed by atoms with Crippen LogP contribution in [0.1, 0.15) is 38.2 Å². The Kier molecular flexibility index (Phi) is 5.75. The average molecular weight is 337 g/mol. The summed E-state index contributed by atoms with van der Waals surface area (Å²) in [4.78, 5) is 12.2. The highest BCUT2D eigenvalue weighted by atomic mass is 16.1. The molecule has 4 unspecified atom stereocenters. The summed E-state index contributed by atoms with van der Waals surface area (Å²) in [5, 5.41) is 15.4. The minimum atomic E-state index is -0.300. The number of rotatable bonds is 7. The zero-order valence-electron chi connectivity index (χ0n) is 14.9. The number of amides is 1. The minimum absolute atomic E-state index is 0.156. The highest BCUT2D eigenvalue weighted by Crippen LogP contribution is 2.49. The van der Waals surface area contributed by atoms with Gasteiger partial charge in [-0.3, -0.25) is 4.79 Å². The van der Waals surface area contributed by atoms with Crippen LogP contribution in [-0.4, -0.2) is 18.5 Å². The van der Waals surface area contributed by atoms with Gasteiger partial charge in [-0.15, -0.1) is 0 Å². The Bertz CT molecular complexity index is 661. The molecule has 4 atom stereocenters. The number of fused-ring (bicyclic) bond motifs is 2. The predicted molar refractivity (Wildman–Crippen MR) is 98.4 cm³/mol. The van der Waals surface area contributed by atoms with E-state index in [1.807, 2.05) is 36.4 Å². The Morgan fingerprint density at radius 3 is 2.76 bits per heavy atom. The Hall–Kier alpha value is -2.28. The van der Waals surface area contributed by atoms with E-state index in [-0.39, 0.29) is 11.5 Å². The SMILES string of the molecule is CC(N/C=C(/C#N)C(=O)NCCc1ccccc1)C1CC2CCC1C2. The molecule has 2 N–H and O–H groups in total. The first-order valence-corrected chi connectivity index (χ1v) is 9.36. The average Bonchev–Trinajstić information content (AvgIpc) is 3.26. The van der Waals surface area contributed by atoms with Crippen molar-refractivity contribution in [3.05, 3.63) is 47.7 Å². The van der Waals surface area contributed by atoms with Crippen molar-refractivity contribution < 1.29 is 4.79 Å². The molecule has 25 heavy (non-hydrogen) atoms. The molecule has 2 fully saturated rings. The standard InChI is InChI=1S/C21H27N3O/c1-15(20-12-17-7-8-18(20)11-17)24-14-19(13-22)21(25)23-10-9-16-5-3-2-4-6-16/h2-6,14-15,17-18,20,24H,7-12H2,1H3,(H,23,25)/b19-14-. The van der Waals surface area contributed by atoms with E-state index in [0.29, 0.717) is 18.5 Å². The van der Waals surface area contributed by atoms with E-state index in [2.05, 4.69) is 17.6 Å². The van der Waals surface area contributed by atoms with Gasteiger partial charge in [0.25, 0.3) is 5.91 Å². The number of nitrogens with zero attached hydrogens (tertiary/aromatic N) is 1. The fourth-order valence-electron chi connectivity index (χ4n) is 4.45. The van der Waals surface area contributed by atoms with E-state index in [4.69, 9.17) is 0 Å². The maximum atomic E-state index is 12.2. The van der Waals surface area contributed by atoms with Crippen LogP contribution in [0.5, 0.6) is 0 Å². The van der Waals surface area contributed by atoms with Crippen molar-refractivity contribution in [2.45, 2.75) is 45.1 Å². The third-order valence-electron chi connectivity index (χ3n) is 5.83. The van der Waals surface area contributed by atoms with Gasteiger partial charge in [0.05, 0.1) is 0 Å². The smallest absolute Gasteiger partial charge is 0.263 e. The summed E-state index contributed by atoms with van der Waals surface area (Å²) in [7, 11) is 0. The first kappa shape index (κ1) is 17.5. The number of hydrogen-bond acceptors (Lipinski definition) is 3. The van der Waals surface area contributed by atoms with Crippen molar-refractivity contribution in [3.63, 3.8) is 0 Å². The molecule has 1 aromatic carbocycles. The lowest BCUT2D eigenvalue weighted by Gasteiger charge is -2.28. The molecule has 2 aliphatic rings. The summed E-state index contributed by atoms with van der Waals surface area (Å²) < 4.78 is 0. The van der Waals surface area contributed by atoms with Crippen molar-refractivity contribution in [2.24, 2.45) is 17.8 Å². The van der Waals surface area contributed by atoms with Gasteiger partial charge in [0.15, 0.2) is 0 Å². The zero-order chi connectivity index (χ0) is 17.6. The van der Waals surface area contributed by atoms with E-state index in [1.54, 1.807) is 6.20 Å². The van der Waals surface area contributed by atoms with Gasteiger partial charge < -0.3 is 10.6 Å². The minimum Gasteiger partial charge on any atom is -0.387 e. The monoisotopic (exact) mass is 337 g/mol. The predicted octanol–water partition coefficient (Wildman–Crippen LogP) is 3.17. The normalized spacial score (nSPS) is 26.1. The van der Waals surface area contributed by atoms with Crippen LogP contribution in [0.4, 0.5) is 0 Å². The highest BCUT2D eigenvalue weighted by molar-refractivity contribution is 5.97.